The third-order valence-corrected chi connectivity index (χ3v) is 3.81. The topological polar surface area (TPSA) is 113 Å². The number of sulfonamides is 1. The Bertz CT molecular complexity index is 623. The van der Waals surface area contributed by atoms with Crippen LogP contribution >= 0.6 is 11.6 Å². The SMILES string of the molecule is CC(C#N)NS(=O)(=O)c1ccc(Cl)c([N+](=O)[O-])c1. The quantitative estimate of drug-likeness (QED) is 0.665. The fraction of sp³-hybridized carbons (Fsp3) is 0.222. The highest BCUT2D eigenvalue weighted by molar-refractivity contribution is 7.89. The lowest BCUT2D eigenvalue weighted by atomic mass is 10.3. The minimum absolute atomic E-state index is 0.160. The number of hydrogen-bond acceptors (Lipinski definition) is 5. The van der Waals surface area contributed by atoms with E-state index in [1.54, 1.807) is 6.07 Å². The third-order valence-electron chi connectivity index (χ3n) is 1.95. The maximum atomic E-state index is 11.8. The number of hydrogen-bond donors (Lipinski definition) is 1. The molecule has 0 aromatic heterocycles. The molecule has 1 atom stereocenters. The zero-order valence-corrected chi connectivity index (χ0v) is 10.7. The van der Waals surface area contributed by atoms with Crippen molar-refractivity contribution < 1.29 is 13.3 Å². The highest BCUT2D eigenvalue weighted by atomic mass is 35.5. The van der Waals surface area contributed by atoms with Gasteiger partial charge in [0.1, 0.15) is 11.1 Å². The summed E-state index contributed by atoms with van der Waals surface area (Å²) in [6.45, 7) is 1.35. The molecule has 0 aliphatic heterocycles. The predicted molar refractivity (Wildman–Crippen MR) is 63.5 cm³/mol. The molecule has 1 aromatic carbocycles. The largest absolute Gasteiger partial charge is 0.289 e. The molecular weight excluding hydrogens is 282 g/mol. The molecule has 1 N–H and O–H groups in total. The molecule has 18 heavy (non-hydrogen) atoms. The lowest BCUT2D eigenvalue weighted by molar-refractivity contribution is -0.384. The number of rotatable bonds is 4. The molecule has 0 aliphatic rings. The molecule has 96 valence electrons. The first-order valence-electron chi connectivity index (χ1n) is 4.64. The zero-order valence-electron chi connectivity index (χ0n) is 9.12. The number of nitro groups is 1. The van der Waals surface area contributed by atoms with Crippen LogP contribution < -0.4 is 4.72 Å². The van der Waals surface area contributed by atoms with Crippen molar-refractivity contribution in [1.82, 2.24) is 4.72 Å². The van der Waals surface area contributed by atoms with E-state index >= 15 is 0 Å². The summed E-state index contributed by atoms with van der Waals surface area (Å²) in [5, 5.41) is 19.0. The number of nitrogens with zero attached hydrogens (tertiary/aromatic N) is 2. The molecule has 1 aromatic rings. The van der Waals surface area contributed by atoms with E-state index in [1.165, 1.54) is 6.92 Å². The molecule has 0 heterocycles. The predicted octanol–water partition coefficient (Wildman–Crippen LogP) is 1.44. The number of nitro benzene ring substituents is 1. The van der Waals surface area contributed by atoms with Gasteiger partial charge in [0, 0.05) is 6.07 Å². The van der Waals surface area contributed by atoms with Crippen LogP contribution in [0.3, 0.4) is 0 Å². The summed E-state index contributed by atoms with van der Waals surface area (Å²) in [5.41, 5.74) is -0.510. The summed E-state index contributed by atoms with van der Waals surface area (Å²) < 4.78 is 25.6. The lowest BCUT2D eigenvalue weighted by Gasteiger charge is -2.07. The number of benzene rings is 1. The smallest absolute Gasteiger partial charge is 0.258 e. The van der Waals surface area contributed by atoms with Crippen LogP contribution in [0.25, 0.3) is 0 Å². The van der Waals surface area contributed by atoms with Crippen LogP contribution in [0, 0.1) is 21.4 Å². The first kappa shape index (κ1) is 14.4. The number of halogens is 1. The van der Waals surface area contributed by atoms with Gasteiger partial charge in [-0.15, -0.1) is 0 Å². The Morgan fingerprint density at radius 3 is 2.67 bits per heavy atom. The molecule has 0 amide bonds. The minimum atomic E-state index is -3.98. The molecule has 0 saturated carbocycles. The molecule has 0 radical (unpaired) electrons. The van der Waals surface area contributed by atoms with E-state index in [0.29, 0.717) is 0 Å². The summed E-state index contributed by atoms with van der Waals surface area (Å²) in [6, 6.07) is 3.83. The molecular formula is C9H8ClN3O4S. The first-order chi connectivity index (χ1) is 8.27. The Kier molecular flexibility index (Phi) is 4.24. The van der Waals surface area contributed by atoms with Crippen molar-refractivity contribution in [3.63, 3.8) is 0 Å². The van der Waals surface area contributed by atoms with Crippen LogP contribution in [0.5, 0.6) is 0 Å². The van der Waals surface area contributed by atoms with Gasteiger partial charge in [-0.1, -0.05) is 11.6 Å². The average Bonchev–Trinajstić information content (AvgIpc) is 2.28. The summed E-state index contributed by atoms with van der Waals surface area (Å²) in [7, 11) is -3.98. The van der Waals surface area contributed by atoms with Gasteiger partial charge in [-0.3, -0.25) is 10.1 Å². The lowest BCUT2D eigenvalue weighted by Crippen LogP contribution is -2.31. The normalized spacial score (nSPS) is 12.7. The summed E-state index contributed by atoms with van der Waals surface area (Å²) >= 11 is 5.57. The monoisotopic (exact) mass is 289 g/mol. The fourth-order valence-electron chi connectivity index (χ4n) is 1.13. The van der Waals surface area contributed by atoms with E-state index in [4.69, 9.17) is 16.9 Å². The van der Waals surface area contributed by atoms with Gasteiger partial charge in [-0.25, -0.2) is 8.42 Å². The molecule has 7 nitrogen and oxygen atoms in total. The van der Waals surface area contributed by atoms with Crippen LogP contribution in [0.4, 0.5) is 5.69 Å². The van der Waals surface area contributed by atoms with Gasteiger partial charge in [0.05, 0.1) is 15.9 Å². The first-order valence-corrected chi connectivity index (χ1v) is 6.50. The van der Waals surface area contributed by atoms with E-state index in [2.05, 4.69) is 4.72 Å². The van der Waals surface area contributed by atoms with E-state index in [-0.39, 0.29) is 9.92 Å². The van der Waals surface area contributed by atoms with Crippen LogP contribution in [-0.4, -0.2) is 19.4 Å². The maximum absolute atomic E-state index is 11.8. The van der Waals surface area contributed by atoms with Crippen LogP contribution in [0.1, 0.15) is 6.92 Å². The van der Waals surface area contributed by atoms with E-state index in [1.807, 2.05) is 0 Å². The molecule has 1 rings (SSSR count). The molecule has 1 unspecified atom stereocenters. The summed E-state index contributed by atoms with van der Waals surface area (Å²) in [5.74, 6) is 0. The highest BCUT2D eigenvalue weighted by Gasteiger charge is 2.21. The van der Waals surface area contributed by atoms with Crippen molar-refractivity contribution in [2.45, 2.75) is 17.9 Å². The van der Waals surface area contributed by atoms with Gasteiger partial charge in [0.2, 0.25) is 10.0 Å². The van der Waals surface area contributed by atoms with Crippen molar-refractivity contribution in [2.75, 3.05) is 0 Å². The van der Waals surface area contributed by atoms with Crippen molar-refractivity contribution in [1.29, 1.82) is 5.26 Å². The van der Waals surface area contributed by atoms with Crippen molar-refractivity contribution >= 4 is 27.3 Å². The second kappa shape index (κ2) is 5.30. The van der Waals surface area contributed by atoms with E-state index in [9.17, 15) is 18.5 Å². The third kappa shape index (κ3) is 3.16. The summed E-state index contributed by atoms with van der Waals surface area (Å²) in [4.78, 5) is 9.53. The van der Waals surface area contributed by atoms with Gasteiger partial charge in [-0.2, -0.15) is 9.98 Å². The van der Waals surface area contributed by atoms with Gasteiger partial charge in [-0.05, 0) is 19.1 Å². The van der Waals surface area contributed by atoms with Gasteiger partial charge in [0.15, 0.2) is 0 Å². The Morgan fingerprint density at radius 1 is 1.56 bits per heavy atom. The highest BCUT2D eigenvalue weighted by Crippen LogP contribution is 2.26. The van der Waals surface area contributed by atoms with Crippen LogP contribution in [0.2, 0.25) is 5.02 Å². The van der Waals surface area contributed by atoms with Gasteiger partial charge in [0.25, 0.3) is 5.69 Å². The Hall–Kier alpha value is -1.69. The van der Waals surface area contributed by atoms with Crippen molar-refractivity contribution in [3.8, 4) is 6.07 Å². The fourth-order valence-corrected chi connectivity index (χ4v) is 2.48. The van der Waals surface area contributed by atoms with E-state index in [0.717, 1.165) is 18.2 Å². The van der Waals surface area contributed by atoms with E-state index < -0.39 is 26.7 Å². The molecule has 0 saturated heterocycles. The number of nitrogens with one attached hydrogen (secondary N) is 1. The van der Waals surface area contributed by atoms with Crippen LogP contribution in [-0.2, 0) is 10.0 Å². The molecule has 0 aliphatic carbocycles. The zero-order chi connectivity index (χ0) is 13.9. The Morgan fingerprint density at radius 2 is 2.17 bits per heavy atom. The minimum Gasteiger partial charge on any atom is -0.258 e. The molecule has 9 heteroatoms. The van der Waals surface area contributed by atoms with Crippen LogP contribution in [0.15, 0.2) is 23.1 Å². The Labute approximate surface area is 108 Å². The second-order valence-corrected chi connectivity index (χ2v) is 5.46. The average molecular weight is 290 g/mol. The summed E-state index contributed by atoms with van der Waals surface area (Å²) in [6.07, 6.45) is 0. The van der Waals surface area contributed by atoms with Crippen molar-refractivity contribution in [3.05, 3.63) is 33.3 Å². The maximum Gasteiger partial charge on any atom is 0.289 e. The van der Waals surface area contributed by atoms with Crippen molar-refractivity contribution in [2.24, 2.45) is 0 Å². The van der Waals surface area contributed by atoms with Gasteiger partial charge >= 0.3 is 0 Å². The van der Waals surface area contributed by atoms with Gasteiger partial charge < -0.3 is 0 Å². The Balaban J connectivity index is 3.23. The standard InChI is InChI=1S/C9H8ClN3O4S/c1-6(5-11)12-18(16,17)7-2-3-8(10)9(4-7)13(14)15/h2-4,6,12H,1H3. The molecule has 0 fully saturated rings. The second-order valence-electron chi connectivity index (χ2n) is 3.34. The molecule has 0 bridgehead atoms. The molecule has 0 spiro atoms. The number of nitriles is 1.